The zero-order chi connectivity index (χ0) is 25.0. The van der Waals surface area contributed by atoms with Gasteiger partial charge in [-0.05, 0) is 6.92 Å². The summed E-state index contributed by atoms with van der Waals surface area (Å²) >= 11 is 0. The lowest BCUT2D eigenvalue weighted by molar-refractivity contribution is -0.0571. The first-order valence-electron chi connectivity index (χ1n) is 9.00. The highest BCUT2D eigenvalue weighted by Crippen LogP contribution is 2.67. The summed E-state index contributed by atoms with van der Waals surface area (Å²) in [4.78, 5) is 54.0. The van der Waals surface area contributed by atoms with Crippen molar-refractivity contribution in [3.05, 3.63) is 45.3 Å². The van der Waals surface area contributed by atoms with Crippen molar-refractivity contribution in [1.82, 2.24) is 9.55 Å². The van der Waals surface area contributed by atoms with Crippen molar-refractivity contribution in [2.45, 2.75) is 31.8 Å². The Morgan fingerprint density at radius 2 is 1.85 bits per heavy atom. The van der Waals surface area contributed by atoms with E-state index in [0.29, 0.717) is 7.11 Å². The number of hydrogen-bond donors (Lipinski definition) is 4. The number of aryl methyl sites for hydroxylation is 1. The van der Waals surface area contributed by atoms with Crippen LogP contribution in [0, 0.1) is 6.92 Å². The first kappa shape index (κ1) is 28.0. The molecule has 19 heteroatoms. The molecule has 0 spiro atoms. The van der Waals surface area contributed by atoms with E-state index in [-0.39, 0.29) is 18.6 Å². The molecule has 33 heavy (non-hydrogen) atoms. The highest BCUT2D eigenvalue weighted by molar-refractivity contribution is 7.66. The number of hydrogen-bond acceptors (Lipinski definition) is 11. The van der Waals surface area contributed by atoms with Crippen LogP contribution < -0.4 is 11.2 Å². The zero-order valence-electron chi connectivity index (χ0n) is 17.3. The molecule has 0 amide bonds. The smallest absolute Gasteiger partial charge is 0.371 e. The van der Waals surface area contributed by atoms with Gasteiger partial charge in [-0.1, -0.05) is 6.08 Å². The van der Waals surface area contributed by atoms with Crippen molar-refractivity contribution in [2.75, 3.05) is 20.3 Å². The molecule has 2 rings (SSSR count). The first-order valence-corrected chi connectivity index (χ1v) is 13.5. The summed E-state index contributed by atoms with van der Waals surface area (Å²) in [6.07, 6.45) is -0.0841. The Labute approximate surface area is 186 Å². The summed E-state index contributed by atoms with van der Waals surface area (Å²) < 4.78 is 63.6. The molecular weight excluding hydrogens is 513 g/mol. The van der Waals surface area contributed by atoms with Crippen molar-refractivity contribution < 1.29 is 55.5 Å². The second kappa shape index (κ2) is 11.0. The molecule has 0 radical (unpaired) electrons. The molecule has 4 N–H and O–H groups in total. The molecule has 1 aromatic rings. The van der Waals surface area contributed by atoms with Gasteiger partial charge in [-0.25, -0.2) is 18.5 Å². The van der Waals surface area contributed by atoms with Gasteiger partial charge in [0.1, 0.15) is 12.3 Å². The third kappa shape index (κ3) is 8.18. The van der Waals surface area contributed by atoms with Crippen molar-refractivity contribution in [3.8, 4) is 0 Å². The van der Waals surface area contributed by atoms with Crippen LogP contribution in [-0.4, -0.2) is 56.8 Å². The van der Waals surface area contributed by atoms with Gasteiger partial charge >= 0.3 is 29.2 Å². The van der Waals surface area contributed by atoms with Gasteiger partial charge in [0, 0.05) is 25.3 Å². The van der Waals surface area contributed by atoms with Crippen LogP contribution in [-0.2, 0) is 40.8 Å². The van der Waals surface area contributed by atoms with E-state index in [1.165, 1.54) is 19.2 Å². The lowest BCUT2D eigenvalue weighted by atomic mass is 10.2. The second-order valence-corrected chi connectivity index (χ2v) is 11.3. The van der Waals surface area contributed by atoms with Gasteiger partial charge in [-0.15, -0.1) is 6.58 Å². The van der Waals surface area contributed by atoms with E-state index in [2.05, 4.69) is 29.2 Å². The maximum atomic E-state index is 12.1. The summed E-state index contributed by atoms with van der Waals surface area (Å²) in [5.41, 5.74) is -1.12. The molecule has 1 saturated heterocycles. The lowest BCUT2D eigenvalue weighted by Gasteiger charge is -2.21. The van der Waals surface area contributed by atoms with Crippen LogP contribution in [0.1, 0.15) is 18.2 Å². The van der Waals surface area contributed by atoms with Crippen molar-refractivity contribution in [3.63, 3.8) is 0 Å². The van der Waals surface area contributed by atoms with E-state index in [1.54, 1.807) is 0 Å². The van der Waals surface area contributed by atoms with Gasteiger partial charge in [0.05, 0.1) is 19.3 Å². The second-order valence-electron chi connectivity index (χ2n) is 6.55. The quantitative estimate of drug-likeness (QED) is 0.213. The number of nitrogens with zero attached hydrogens (tertiary/aromatic N) is 1. The molecule has 1 aliphatic rings. The first-order chi connectivity index (χ1) is 15.2. The molecule has 6 atom stereocenters. The predicted octanol–water partition coefficient (Wildman–Crippen LogP) is 0.701. The maximum absolute atomic E-state index is 12.1. The Morgan fingerprint density at radius 3 is 2.45 bits per heavy atom. The average molecular weight is 536 g/mol. The van der Waals surface area contributed by atoms with Crippen molar-refractivity contribution in [2.24, 2.45) is 0 Å². The molecule has 1 fully saturated rings. The molecule has 0 bridgehead atoms. The summed E-state index contributed by atoms with van der Waals surface area (Å²) in [7, 11) is -15.2. The lowest BCUT2D eigenvalue weighted by Crippen LogP contribution is -2.33. The number of rotatable bonds is 12. The Balaban J connectivity index is 2.13. The fraction of sp³-hybridized carbons (Fsp3) is 0.571. The molecule has 1 aliphatic heterocycles. The summed E-state index contributed by atoms with van der Waals surface area (Å²) in [5, 5.41) is 0. The highest BCUT2D eigenvalue weighted by atomic mass is 31.3. The van der Waals surface area contributed by atoms with Crippen molar-refractivity contribution in [1.29, 1.82) is 0 Å². The predicted molar refractivity (Wildman–Crippen MR) is 109 cm³/mol. The standard InChI is InChI=1S/C14H23N2O14P3/c1-4-5-26-10-6-12(16-7-9(2)13(17)15-14(16)18)28-11(10)8-27-32(21,22)30-33(23,24)29-31(19,20)25-3/h4,7,10-12H,1,5-6,8H2,2-3H3,(H,19,20)(H,21,22)(H,23,24)(H,15,17,18)/t10?,11-,12-/m1/s1. The van der Waals surface area contributed by atoms with E-state index in [4.69, 9.17) is 14.4 Å². The van der Waals surface area contributed by atoms with Crippen LogP contribution >= 0.6 is 23.5 Å². The summed E-state index contributed by atoms with van der Waals surface area (Å²) in [5.74, 6) is 0. The van der Waals surface area contributed by atoms with E-state index < -0.39 is 59.8 Å². The largest absolute Gasteiger partial charge is 0.490 e. The third-order valence-corrected chi connectivity index (χ3v) is 8.35. The average Bonchev–Trinajstić information content (AvgIpc) is 3.08. The maximum Gasteiger partial charge on any atom is 0.490 e. The molecule has 4 unspecified atom stereocenters. The summed E-state index contributed by atoms with van der Waals surface area (Å²) in [6, 6.07) is 0. The Morgan fingerprint density at radius 1 is 1.21 bits per heavy atom. The molecule has 0 aromatic carbocycles. The third-order valence-electron chi connectivity index (χ3n) is 4.11. The molecule has 188 valence electrons. The topological polar surface area (TPSA) is 222 Å². The molecule has 1 aromatic heterocycles. The SMILES string of the molecule is C=CCOC1C[C@H](n2cc(C)c(=O)[nH]c2=O)O[C@@H]1COP(=O)(O)OP(=O)(O)OP(=O)(O)OC. The number of aromatic nitrogens is 2. The van der Waals surface area contributed by atoms with E-state index in [1.807, 2.05) is 0 Å². The van der Waals surface area contributed by atoms with E-state index >= 15 is 0 Å². The number of phosphoric ester groups is 2. The minimum Gasteiger partial charge on any atom is -0.371 e. The van der Waals surface area contributed by atoms with Crippen molar-refractivity contribution >= 4 is 23.5 Å². The minimum absolute atomic E-state index is 0.0482. The number of phosphoric acid groups is 3. The Kier molecular flexibility index (Phi) is 9.33. The van der Waals surface area contributed by atoms with Crippen LogP contribution in [0.15, 0.2) is 28.4 Å². The van der Waals surface area contributed by atoms with E-state index in [0.717, 1.165) is 4.57 Å². The molecule has 16 nitrogen and oxygen atoms in total. The monoisotopic (exact) mass is 536 g/mol. The molecular formula is C14H23N2O14P3. The molecule has 0 saturated carbocycles. The number of nitrogens with one attached hydrogen (secondary N) is 1. The normalized spacial score (nSPS) is 26.3. The Bertz CT molecular complexity index is 1120. The summed E-state index contributed by atoms with van der Waals surface area (Å²) in [6.45, 7) is 4.29. The number of ether oxygens (including phenoxy) is 2. The van der Waals surface area contributed by atoms with Crippen LogP contribution in [0.5, 0.6) is 0 Å². The van der Waals surface area contributed by atoms with Crippen LogP contribution in [0.25, 0.3) is 0 Å². The highest BCUT2D eigenvalue weighted by Gasteiger charge is 2.44. The van der Waals surface area contributed by atoms with Gasteiger partial charge in [0.2, 0.25) is 0 Å². The fourth-order valence-corrected chi connectivity index (χ4v) is 5.95. The molecule has 0 aliphatic carbocycles. The van der Waals surface area contributed by atoms with Gasteiger partial charge in [-0.3, -0.25) is 23.4 Å². The fourth-order valence-electron chi connectivity index (χ4n) is 2.69. The van der Waals surface area contributed by atoms with Gasteiger partial charge in [0.15, 0.2) is 0 Å². The zero-order valence-corrected chi connectivity index (χ0v) is 20.0. The van der Waals surface area contributed by atoms with Gasteiger partial charge < -0.3 is 24.2 Å². The van der Waals surface area contributed by atoms with Crippen LogP contribution in [0.4, 0.5) is 0 Å². The minimum atomic E-state index is -5.56. The number of aromatic amines is 1. The Hall–Kier alpha value is -1.25. The number of H-pyrrole nitrogens is 1. The van der Waals surface area contributed by atoms with E-state index in [9.17, 15) is 33.1 Å². The van der Waals surface area contributed by atoms with Crippen LogP contribution in [0.2, 0.25) is 0 Å². The molecule has 2 heterocycles. The van der Waals surface area contributed by atoms with Gasteiger partial charge in [-0.2, -0.15) is 8.62 Å². The van der Waals surface area contributed by atoms with Gasteiger partial charge in [0.25, 0.3) is 5.56 Å². The van der Waals surface area contributed by atoms with Crippen LogP contribution in [0.3, 0.4) is 0 Å².